The van der Waals surface area contributed by atoms with E-state index >= 15 is 0 Å². The Morgan fingerprint density at radius 2 is 2.00 bits per heavy atom. The van der Waals surface area contributed by atoms with Crippen LogP contribution in [0.5, 0.6) is 0 Å². The van der Waals surface area contributed by atoms with Crippen LogP contribution in [0.25, 0.3) is 0 Å². The molecule has 1 saturated carbocycles. The van der Waals surface area contributed by atoms with Crippen molar-refractivity contribution in [3.8, 4) is 0 Å². The van der Waals surface area contributed by atoms with E-state index < -0.39 is 0 Å². The second kappa shape index (κ2) is 5.30. The summed E-state index contributed by atoms with van der Waals surface area (Å²) in [5.74, 6) is 0.794. The summed E-state index contributed by atoms with van der Waals surface area (Å²) in [6.07, 6.45) is 2.45. The van der Waals surface area contributed by atoms with Crippen molar-refractivity contribution < 1.29 is 6.22 Å². The van der Waals surface area contributed by atoms with Crippen molar-refractivity contribution in [1.82, 2.24) is 4.72 Å². The van der Waals surface area contributed by atoms with Gasteiger partial charge in [-0.05, 0) is 36.5 Å². The van der Waals surface area contributed by atoms with Crippen molar-refractivity contribution in [3.63, 3.8) is 0 Å². The van der Waals surface area contributed by atoms with Gasteiger partial charge in [-0.3, -0.25) is 9.52 Å². The third-order valence-corrected chi connectivity index (χ3v) is 5.46. The predicted octanol–water partition coefficient (Wildman–Crippen LogP) is 2.17. The highest BCUT2D eigenvalue weighted by atomic mass is 32.2. The zero-order chi connectivity index (χ0) is 14.3. The molecule has 0 bridgehead atoms. The Hall–Kier alpha value is -1.20. The second-order valence-corrected chi connectivity index (χ2v) is 6.92. The van der Waals surface area contributed by atoms with Gasteiger partial charge < -0.3 is 10.6 Å². The Labute approximate surface area is 125 Å². The van der Waals surface area contributed by atoms with Crippen molar-refractivity contribution in [3.05, 3.63) is 29.8 Å². The zero-order valence-corrected chi connectivity index (χ0v) is 12.7. The largest absolute Gasteiger partial charge is 0.378 e. The molecule has 3 rings (SSSR count). The lowest BCUT2D eigenvalue weighted by molar-refractivity contribution is -0.118. The second-order valence-electron chi connectivity index (χ2n) is 5.94. The molecule has 1 amide bonds. The van der Waals surface area contributed by atoms with Crippen LogP contribution in [0.15, 0.2) is 24.3 Å². The quantitative estimate of drug-likeness (QED) is 0.835. The highest BCUT2D eigenvalue weighted by molar-refractivity contribution is 7.99. The van der Waals surface area contributed by atoms with Gasteiger partial charge in [0.2, 0.25) is 5.91 Å². The average molecular weight is 293 g/mol. The lowest BCUT2D eigenvalue weighted by Gasteiger charge is -2.22. The molecule has 3 atom stereocenters. The smallest absolute Gasteiger partial charge is 0.232 e. The van der Waals surface area contributed by atoms with Gasteiger partial charge in [0.1, 0.15) is 5.25 Å². The fourth-order valence-corrected chi connectivity index (χ4v) is 4.24. The van der Waals surface area contributed by atoms with Crippen LogP contribution < -0.4 is 15.4 Å². The topological polar surface area (TPSA) is 58.4 Å². The molecule has 0 spiro atoms. The van der Waals surface area contributed by atoms with Crippen LogP contribution in [0, 0.1) is 11.8 Å². The number of rotatable bonds is 4. The van der Waals surface area contributed by atoms with E-state index in [2.05, 4.69) is 33.9 Å². The van der Waals surface area contributed by atoms with E-state index in [1.165, 1.54) is 36.0 Å². The molecule has 1 aromatic carbocycles. The van der Waals surface area contributed by atoms with E-state index in [1.54, 1.807) is 0 Å². The molecular formula is C15H23N3OS. The summed E-state index contributed by atoms with van der Waals surface area (Å²) >= 11 is 1.51. The number of amides is 1. The Bertz CT molecular complexity index is 504. The van der Waals surface area contributed by atoms with Gasteiger partial charge in [0.15, 0.2) is 0 Å². The van der Waals surface area contributed by atoms with Gasteiger partial charge >= 0.3 is 0 Å². The van der Waals surface area contributed by atoms with E-state index in [0.717, 1.165) is 0 Å². The van der Waals surface area contributed by atoms with Gasteiger partial charge in [-0.15, -0.1) is 0 Å². The molecule has 1 heterocycles. The molecular weight excluding hydrogens is 270 g/mol. The molecule has 3 unspecified atom stereocenters. The summed E-state index contributed by atoms with van der Waals surface area (Å²) in [5.41, 5.74) is 7.99. The number of benzene rings is 1. The van der Waals surface area contributed by atoms with Crippen molar-refractivity contribution in [2.45, 2.75) is 24.1 Å². The number of hydrogen-bond donors (Lipinski definition) is 2. The summed E-state index contributed by atoms with van der Waals surface area (Å²) in [5, 5.41) is -0.0963. The van der Waals surface area contributed by atoms with Crippen LogP contribution in [0.4, 0.5) is 5.69 Å². The minimum atomic E-state index is -0.188. The maximum absolute atomic E-state index is 11.6. The number of nitrogens with zero attached hydrogens (tertiary/aromatic N) is 1. The Morgan fingerprint density at radius 3 is 2.50 bits per heavy atom. The Balaban J connectivity index is 0.00000161. The molecule has 110 valence electrons. The number of nitrogens with two attached hydrogens (primary N) is 1. The van der Waals surface area contributed by atoms with Gasteiger partial charge in [0.05, 0.1) is 0 Å². The van der Waals surface area contributed by atoms with Crippen molar-refractivity contribution in [2.24, 2.45) is 17.6 Å². The van der Waals surface area contributed by atoms with Crippen LogP contribution in [0.1, 0.15) is 25.9 Å². The predicted molar refractivity (Wildman–Crippen MR) is 85.5 cm³/mol. The molecule has 1 aliphatic heterocycles. The highest BCUT2D eigenvalue weighted by Crippen LogP contribution is 2.51. The Morgan fingerprint density at radius 1 is 1.35 bits per heavy atom. The molecule has 1 aromatic rings. The molecule has 3 N–H and O–H groups in total. The maximum Gasteiger partial charge on any atom is 0.232 e. The summed E-state index contributed by atoms with van der Waals surface area (Å²) in [4.78, 5) is 13.7. The monoisotopic (exact) mass is 293 g/mol. The van der Waals surface area contributed by atoms with Gasteiger partial charge in [-0.1, -0.05) is 24.1 Å². The van der Waals surface area contributed by atoms with Crippen molar-refractivity contribution >= 4 is 23.5 Å². The first kappa shape index (κ1) is 13.8. The number of carbonyl (C=O) groups excluding carboxylic acids is 1. The number of nitrogens with one attached hydrogen (secondary N) is 1. The van der Waals surface area contributed by atoms with Gasteiger partial charge in [-0.25, -0.2) is 0 Å². The molecule has 5 heteroatoms. The van der Waals surface area contributed by atoms with E-state index in [4.69, 9.17) is 5.73 Å². The molecule has 1 saturated heterocycles. The van der Waals surface area contributed by atoms with Crippen LogP contribution in [0.3, 0.4) is 0 Å². The minimum Gasteiger partial charge on any atom is -0.378 e. The summed E-state index contributed by atoms with van der Waals surface area (Å²) < 4.78 is 3.43. The van der Waals surface area contributed by atoms with Crippen molar-refractivity contribution in [2.75, 3.05) is 19.0 Å². The van der Waals surface area contributed by atoms with Gasteiger partial charge in [0, 0.05) is 33.2 Å². The van der Waals surface area contributed by atoms with Crippen LogP contribution in [-0.4, -0.2) is 25.3 Å². The fourth-order valence-electron chi connectivity index (χ4n) is 3.00. The fraction of sp³-hybridized carbons (Fsp3) is 0.533. The molecule has 1 aliphatic carbocycles. The first-order valence-corrected chi connectivity index (χ1v) is 7.93. The normalized spacial score (nSPS) is 29.4. The standard InChI is InChI=1S/C15H21N3OS.H2/c1-18(2)11-7-5-10(6-8-11)13-12(9-3-4-9)14(15(16)19)20-17-13;/h5-9,12-14,17H,3-4H2,1-2H3,(H2,16,19);1H. The number of anilines is 1. The first-order chi connectivity index (χ1) is 9.58. The molecule has 2 fully saturated rings. The first-order valence-electron chi connectivity index (χ1n) is 7.05. The van der Waals surface area contributed by atoms with Crippen molar-refractivity contribution in [1.29, 1.82) is 0 Å². The Kier molecular flexibility index (Phi) is 3.65. The summed E-state index contributed by atoms with van der Waals surface area (Å²) in [6.45, 7) is 0. The number of hydrogen-bond acceptors (Lipinski definition) is 4. The lowest BCUT2D eigenvalue weighted by Crippen LogP contribution is -2.32. The summed E-state index contributed by atoms with van der Waals surface area (Å²) in [7, 11) is 4.07. The van der Waals surface area contributed by atoms with E-state index in [0.29, 0.717) is 11.8 Å². The van der Waals surface area contributed by atoms with Crippen LogP contribution in [0.2, 0.25) is 0 Å². The number of primary amides is 1. The van der Waals surface area contributed by atoms with E-state index in [9.17, 15) is 4.79 Å². The van der Waals surface area contributed by atoms with Crippen LogP contribution in [-0.2, 0) is 4.79 Å². The van der Waals surface area contributed by atoms with E-state index in [-0.39, 0.29) is 18.6 Å². The lowest BCUT2D eigenvalue weighted by atomic mass is 9.86. The van der Waals surface area contributed by atoms with Gasteiger partial charge in [0.25, 0.3) is 0 Å². The average Bonchev–Trinajstić information content (AvgIpc) is 3.17. The SMILES string of the molecule is CN(C)c1ccc(C2NSC(C(N)=O)C2C2CC2)cc1.[HH]. The minimum absolute atomic E-state index is 0. The highest BCUT2D eigenvalue weighted by Gasteiger charge is 2.48. The molecule has 0 radical (unpaired) electrons. The number of carbonyl (C=O) groups is 1. The summed E-state index contributed by atoms with van der Waals surface area (Å²) in [6, 6.07) is 8.81. The zero-order valence-electron chi connectivity index (χ0n) is 11.9. The van der Waals surface area contributed by atoms with E-state index in [1.807, 2.05) is 14.1 Å². The van der Waals surface area contributed by atoms with Gasteiger partial charge in [-0.2, -0.15) is 0 Å². The maximum atomic E-state index is 11.6. The molecule has 20 heavy (non-hydrogen) atoms. The molecule has 4 nitrogen and oxygen atoms in total. The molecule has 2 aliphatic rings. The third kappa shape index (κ3) is 2.52. The third-order valence-electron chi connectivity index (χ3n) is 4.27. The molecule has 0 aromatic heterocycles. The van der Waals surface area contributed by atoms with Crippen LogP contribution >= 0.6 is 11.9 Å².